The zero-order chi connectivity index (χ0) is 19.9. The Morgan fingerprint density at radius 2 is 1.85 bits per heavy atom. The monoisotopic (exact) mass is 389 g/mol. The van der Waals surface area contributed by atoms with Crippen molar-refractivity contribution in [3.05, 3.63) is 39.2 Å². The first-order valence-electron chi connectivity index (χ1n) is 8.35. The van der Waals surface area contributed by atoms with Gasteiger partial charge < -0.3 is 4.74 Å². The molecule has 1 aliphatic heterocycles. The highest BCUT2D eigenvalue weighted by Crippen LogP contribution is 2.34. The van der Waals surface area contributed by atoms with Gasteiger partial charge >= 0.3 is 11.7 Å². The zero-order valence-corrected chi connectivity index (χ0v) is 16.2. The van der Waals surface area contributed by atoms with Crippen molar-refractivity contribution in [2.75, 3.05) is 6.61 Å². The second kappa shape index (κ2) is 7.07. The number of fused-ring (bicyclic) bond motifs is 1. The van der Waals surface area contributed by atoms with Crippen molar-refractivity contribution in [2.45, 2.75) is 19.9 Å². The number of ether oxygens (including phenoxy) is 1. The maximum absolute atomic E-state index is 12.6. The van der Waals surface area contributed by atoms with Gasteiger partial charge in [0.05, 0.1) is 22.5 Å². The Labute approximate surface area is 159 Å². The number of amides is 2. The maximum atomic E-state index is 12.6. The molecule has 2 heterocycles. The largest absolute Gasteiger partial charge is 0.464 e. The molecule has 2 amide bonds. The van der Waals surface area contributed by atoms with Crippen molar-refractivity contribution in [1.82, 2.24) is 14.0 Å². The zero-order valence-electron chi connectivity index (χ0n) is 15.4. The summed E-state index contributed by atoms with van der Waals surface area (Å²) >= 11 is 0.775. The van der Waals surface area contributed by atoms with Gasteiger partial charge in [-0.05, 0) is 49.4 Å². The lowest BCUT2D eigenvalue weighted by atomic mass is 10.1. The minimum Gasteiger partial charge on any atom is -0.464 e. The van der Waals surface area contributed by atoms with Crippen LogP contribution in [-0.4, -0.2) is 43.8 Å². The highest BCUT2D eigenvalue weighted by atomic mass is 32.2. The predicted molar refractivity (Wildman–Crippen MR) is 102 cm³/mol. The first-order chi connectivity index (χ1) is 12.8. The van der Waals surface area contributed by atoms with Crippen LogP contribution in [0.3, 0.4) is 0 Å². The first kappa shape index (κ1) is 19.0. The normalized spacial score (nSPS) is 17.2. The number of esters is 1. The molecule has 0 bridgehead atoms. The number of hydrogen-bond acceptors (Lipinski definition) is 6. The van der Waals surface area contributed by atoms with Crippen LogP contribution in [0.4, 0.5) is 4.79 Å². The summed E-state index contributed by atoms with van der Waals surface area (Å²) in [7, 11) is 3.36. The van der Waals surface area contributed by atoms with E-state index in [0.717, 1.165) is 27.7 Å². The number of aromatic nitrogens is 2. The van der Waals surface area contributed by atoms with Gasteiger partial charge in [-0.1, -0.05) is 6.07 Å². The standard InChI is InChI=1S/C18H19N3O5S/c1-5-26-16(23)10(2)21-15(22)14(27-18(21)25)9-11-6-7-12-13(8-11)20(4)17(24)19(12)3/h6-10H,5H2,1-4H3/t10-/m1/s1. The fourth-order valence-corrected chi connectivity index (χ4v) is 3.86. The van der Waals surface area contributed by atoms with Crippen LogP contribution in [0.5, 0.6) is 0 Å². The number of carbonyl (C=O) groups is 3. The number of rotatable bonds is 4. The molecule has 8 nitrogen and oxygen atoms in total. The van der Waals surface area contributed by atoms with Gasteiger partial charge in [-0.2, -0.15) is 0 Å². The Hall–Kier alpha value is -2.81. The molecule has 2 aromatic rings. The molecule has 1 aromatic carbocycles. The minimum atomic E-state index is -0.985. The molecule has 1 aliphatic rings. The number of nitrogens with zero attached hydrogens (tertiary/aromatic N) is 3. The molecule has 0 spiro atoms. The topological polar surface area (TPSA) is 90.6 Å². The molecular formula is C18H19N3O5S. The summed E-state index contributed by atoms with van der Waals surface area (Å²) < 4.78 is 7.94. The summed E-state index contributed by atoms with van der Waals surface area (Å²) in [4.78, 5) is 49.9. The highest BCUT2D eigenvalue weighted by Gasteiger charge is 2.41. The van der Waals surface area contributed by atoms with Crippen LogP contribution in [0.15, 0.2) is 27.9 Å². The van der Waals surface area contributed by atoms with E-state index in [1.54, 1.807) is 45.3 Å². The van der Waals surface area contributed by atoms with E-state index in [2.05, 4.69) is 0 Å². The summed E-state index contributed by atoms with van der Waals surface area (Å²) in [5.41, 5.74) is 2.02. The molecule has 1 saturated heterocycles. The summed E-state index contributed by atoms with van der Waals surface area (Å²) in [6.45, 7) is 3.29. The molecule has 1 fully saturated rings. The average Bonchev–Trinajstić information content (AvgIpc) is 3.03. The molecule has 0 radical (unpaired) electrons. The summed E-state index contributed by atoms with van der Waals surface area (Å²) in [6.07, 6.45) is 1.58. The molecule has 1 atom stereocenters. The van der Waals surface area contributed by atoms with Gasteiger partial charge in [0.2, 0.25) is 0 Å². The van der Waals surface area contributed by atoms with Crippen molar-refractivity contribution < 1.29 is 19.1 Å². The number of thioether (sulfide) groups is 1. The molecule has 0 unspecified atom stereocenters. The molecule has 0 N–H and O–H groups in total. The van der Waals surface area contributed by atoms with E-state index in [0.29, 0.717) is 5.56 Å². The number of imide groups is 1. The third-order valence-corrected chi connectivity index (χ3v) is 5.32. The van der Waals surface area contributed by atoms with E-state index in [9.17, 15) is 19.2 Å². The maximum Gasteiger partial charge on any atom is 0.329 e. The third kappa shape index (κ3) is 3.18. The molecule has 0 aliphatic carbocycles. The Bertz CT molecular complexity index is 1050. The van der Waals surface area contributed by atoms with Crippen LogP contribution in [0.1, 0.15) is 19.4 Å². The molecule has 1 aromatic heterocycles. The van der Waals surface area contributed by atoms with Crippen molar-refractivity contribution in [3.63, 3.8) is 0 Å². The number of carbonyl (C=O) groups excluding carboxylic acids is 3. The van der Waals surface area contributed by atoms with E-state index in [1.165, 1.54) is 16.1 Å². The van der Waals surface area contributed by atoms with E-state index in [4.69, 9.17) is 4.74 Å². The van der Waals surface area contributed by atoms with Crippen molar-refractivity contribution >= 4 is 46.0 Å². The van der Waals surface area contributed by atoms with E-state index in [1.807, 2.05) is 0 Å². The SMILES string of the molecule is CCOC(=O)[C@@H](C)N1C(=O)SC(=Cc2ccc3c(c2)n(C)c(=O)n3C)C1=O. The number of aryl methyl sites for hydroxylation is 2. The van der Waals surface area contributed by atoms with E-state index in [-0.39, 0.29) is 17.2 Å². The molecule has 9 heteroatoms. The molecule has 0 saturated carbocycles. The predicted octanol–water partition coefficient (Wildman–Crippen LogP) is 1.86. The van der Waals surface area contributed by atoms with Crippen LogP contribution in [0, 0.1) is 0 Å². The third-order valence-electron chi connectivity index (χ3n) is 4.43. The smallest absolute Gasteiger partial charge is 0.329 e. The lowest BCUT2D eigenvalue weighted by molar-refractivity contribution is -0.150. The highest BCUT2D eigenvalue weighted by molar-refractivity contribution is 8.18. The van der Waals surface area contributed by atoms with Crippen molar-refractivity contribution in [1.29, 1.82) is 0 Å². The van der Waals surface area contributed by atoms with Crippen molar-refractivity contribution in [2.24, 2.45) is 14.1 Å². The Morgan fingerprint density at radius 3 is 2.52 bits per heavy atom. The van der Waals surface area contributed by atoms with Gasteiger partial charge in [-0.3, -0.25) is 23.6 Å². The van der Waals surface area contributed by atoms with Crippen molar-refractivity contribution in [3.8, 4) is 0 Å². The first-order valence-corrected chi connectivity index (χ1v) is 9.17. The van der Waals surface area contributed by atoms with Crippen LogP contribution < -0.4 is 5.69 Å². The molecule has 3 rings (SSSR count). The lowest BCUT2D eigenvalue weighted by Crippen LogP contribution is -2.42. The van der Waals surface area contributed by atoms with Crippen LogP contribution in [-0.2, 0) is 28.4 Å². The number of benzene rings is 1. The molecule has 27 heavy (non-hydrogen) atoms. The fourth-order valence-electron chi connectivity index (χ4n) is 2.95. The summed E-state index contributed by atoms with van der Waals surface area (Å²) in [5, 5.41) is -0.514. The lowest BCUT2D eigenvalue weighted by Gasteiger charge is -2.19. The van der Waals surface area contributed by atoms with Crippen LogP contribution in [0.2, 0.25) is 0 Å². The quantitative estimate of drug-likeness (QED) is 0.586. The minimum absolute atomic E-state index is 0.147. The Morgan fingerprint density at radius 1 is 1.19 bits per heavy atom. The van der Waals surface area contributed by atoms with Crippen LogP contribution >= 0.6 is 11.8 Å². The molecule has 142 valence electrons. The van der Waals surface area contributed by atoms with Gasteiger partial charge in [0.25, 0.3) is 11.1 Å². The second-order valence-electron chi connectivity index (χ2n) is 6.13. The molecular weight excluding hydrogens is 370 g/mol. The van der Waals surface area contributed by atoms with Crippen LogP contribution in [0.25, 0.3) is 17.1 Å². The average molecular weight is 389 g/mol. The van der Waals surface area contributed by atoms with Gasteiger partial charge in [-0.15, -0.1) is 0 Å². The Balaban J connectivity index is 1.94. The summed E-state index contributed by atoms with van der Waals surface area (Å²) in [5.74, 6) is -1.16. The number of imidazole rings is 1. The van der Waals surface area contributed by atoms with Gasteiger partial charge in [0, 0.05) is 14.1 Å². The van der Waals surface area contributed by atoms with E-state index < -0.39 is 23.2 Å². The summed E-state index contributed by atoms with van der Waals surface area (Å²) in [6, 6.07) is 4.35. The van der Waals surface area contributed by atoms with Gasteiger partial charge in [-0.25, -0.2) is 9.59 Å². The van der Waals surface area contributed by atoms with Gasteiger partial charge in [0.1, 0.15) is 6.04 Å². The van der Waals surface area contributed by atoms with Gasteiger partial charge in [0.15, 0.2) is 0 Å². The number of hydrogen-bond donors (Lipinski definition) is 0. The Kier molecular flexibility index (Phi) is 4.97. The van der Waals surface area contributed by atoms with E-state index >= 15 is 0 Å². The fraction of sp³-hybridized carbons (Fsp3) is 0.333. The second-order valence-corrected chi connectivity index (χ2v) is 7.12.